The minimum atomic E-state index is -0.112. The zero-order valence-electron chi connectivity index (χ0n) is 10.3. The number of rotatable bonds is 2. The number of Topliss-reactive ketones (excluding diaryl/α,β-unsaturated/α-hetero) is 1. The lowest BCUT2D eigenvalue weighted by molar-refractivity contribution is -0.117. The first-order valence-corrected chi connectivity index (χ1v) is 5.60. The van der Waals surface area contributed by atoms with Crippen molar-refractivity contribution in [1.29, 1.82) is 0 Å². The first-order valence-electron chi connectivity index (χ1n) is 5.60. The molecule has 0 aliphatic heterocycles. The Morgan fingerprint density at radius 3 is 2.59 bits per heavy atom. The highest BCUT2D eigenvalue weighted by Crippen LogP contribution is 2.19. The monoisotopic (exact) mass is 229 g/mol. The number of carbonyl (C=O) groups excluding carboxylic acids is 1. The number of nitrogens with zero attached hydrogens (tertiary/aromatic N) is 1. The van der Waals surface area contributed by atoms with Gasteiger partial charge in [0.1, 0.15) is 5.78 Å². The first-order chi connectivity index (χ1) is 8.00. The summed E-state index contributed by atoms with van der Waals surface area (Å²) in [4.78, 5) is 23.2. The van der Waals surface area contributed by atoms with Gasteiger partial charge in [-0.2, -0.15) is 0 Å². The maximum atomic E-state index is 12.0. The molecule has 88 valence electrons. The van der Waals surface area contributed by atoms with Crippen LogP contribution in [0.5, 0.6) is 0 Å². The van der Waals surface area contributed by atoms with Crippen molar-refractivity contribution >= 4 is 16.7 Å². The second-order valence-corrected chi connectivity index (χ2v) is 4.42. The Hall–Kier alpha value is -1.90. The summed E-state index contributed by atoms with van der Waals surface area (Å²) in [6, 6.07) is 7.49. The molecule has 0 amide bonds. The normalized spacial score (nSPS) is 10.8. The SMILES string of the molecule is CC(=O)Cn1c(=O)cc(C)c2cccc(C)c21. The number of aromatic nitrogens is 1. The van der Waals surface area contributed by atoms with Crippen LogP contribution in [0.2, 0.25) is 0 Å². The van der Waals surface area contributed by atoms with Gasteiger partial charge in [0, 0.05) is 11.5 Å². The van der Waals surface area contributed by atoms with E-state index in [1.165, 1.54) is 6.92 Å². The Morgan fingerprint density at radius 1 is 1.24 bits per heavy atom. The van der Waals surface area contributed by atoms with E-state index in [1.54, 1.807) is 10.6 Å². The van der Waals surface area contributed by atoms with Crippen LogP contribution in [0, 0.1) is 13.8 Å². The average Bonchev–Trinajstić information content (AvgIpc) is 2.24. The lowest BCUT2D eigenvalue weighted by Gasteiger charge is -2.12. The third-order valence-corrected chi connectivity index (χ3v) is 2.92. The molecular formula is C14H15NO2. The van der Waals surface area contributed by atoms with E-state index in [0.29, 0.717) is 0 Å². The summed E-state index contributed by atoms with van der Waals surface area (Å²) in [5.41, 5.74) is 2.73. The van der Waals surface area contributed by atoms with Crippen LogP contribution in [0.3, 0.4) is 0 Å². The molecule has 2 aromatic rings. The molecular weight excluding hydrogens is 214 g/mol. The molecule has 1 aromatic heterocycles. The van der Waals surface area contributed by atoms with Gasteiger partial charge in [-0.25, -0.2) is 0 Å². The lowest BCUT2D eigenvalue weighted by Crippen LogP contribution is -2.24. The topological polar surface area (TPSA) is 39.1 Å². The van der Waals surface area contributed by atoms with Gasteiger partial charge in [-0.05, 0) is 31.9 Å². The molecule has 1 heterocycles. The van der Waals surface area contributed by atoms with Crippen LogP contribution >= 0.6 is 0 Å². The number of fused-ring (bicyclic) bond motifs is 1. The van der Waals surface area contributed by atoms with Gasteiger partial charge in [0.05, 0.1) is 12.1 Å². The first kappa shape index (κ1) is 11.6. The molecule has 17 heavy (non-hydrogen) atoms. The number of hydrogen-bond acceptors (Lipinski definition) is 2. The third-order valence-electron chi connectivity index (χ3n) is 2.92. The molecule has 0 bridgehead atoms. The van der Waals surface area contributed by atoms with Gasteiger partial charge in [-0.3, -0.25) is 9.59 Å². The van der Waals surface area contributed by atoms with E-state index in [-0.39, 0.29) is 17.9 Å². The van der Waals surface area contributed by atoms with Gasteiger partial charge in [-0.1, -0.05) is 18.2 Å². The van der Waals surface area contributed by atoms with E-state index in [2.05, 4.69) is 0 Å². The zero-order valence-corrected chi connectivity index (χ0v) is 10.3. The number of aryl methyl sites for hydroxylation is 2. The molecule has 1 aromatic carbocycles. The smallest absolute Gasteiger partial charge is 0.251 e. The molecule has 0 aliphatic carbocycles. The number of pyridine rings is 1. The van der Waals surface area contributed by atoms with Crippen molar-refractivity contribution in [3.8, 4) is 0 Å². The van der Waals surface area contributed by atoms with Crippen LogP contribution < -0.4 is 5.56 Å². The molecule has 3 nitrogen and oxygen atoms in total. The Kier molecular flexibility index (Phi) is 2.84. The quantitative estimate of drug-likeness (QED) is 0.792. The van der Waals surface area contributed by atoms with E-state index in [9.17, 15) is 9.59 Å². The van der Waals surface area contributed by atoms with Gasteiger partial charge >= 0.3 is 0 Å². The summed E-state index contributed by atoms with van der Waals surface area (Å²) in [5.74, 6) is -0.0134. The van der Waals surface area contributed by atoms with E-state index < -0.39 is 0 Å². The largest absolute Gasteiger partial charge is 0.301 e. The minimum Gasteiger partial charge on any atom is -0.301 e. The van der Waals surface area contributed by atoms with Crippen molar-refractivity contribution in [2.75, 3.05) is 0 Å². The summed E-state index contributed by atoms with van der Waals surface area (Å²) in [5, 5.41) is 1.03. The molecule has 0 radical (unpaired) electrons. The summed E-state index contributed by atoms with van der Waals surface area (Å²) >= 11 is 0. The molecule has 2 rings (SSSR count). The molecule has 3 heteroatoms. The highest BCUT2D eigenvalue weighted by molar-refractivity contribution is 5.86. The third kappa shape index (κ3) is 2.00. The van der Waals surface area contributed by atoms with Gasteiger partial charge in [0.2, 0.25) is 0 Å². The van der Waals surface area contributed by atoms with Crippen molar-refractivity contribution in [2.24, 2.45) is 0 Å². The summed E-state index contributed by atoms with van der Waals surface area (Å²) in [6.45, 7) is 5.51. The highest BCUT2D eigenvalue weighted by atomic mass is 16.1. The summed E-state index contributed by atoms with van der Waals surface area (Å²) in [6.07, 6.45) is 0. The predicted octanol–water partition coefficient (Wildman–Crippen LogP) is 2.21. The molecule has 0 saturated heterocycles. The summed E-state index contributed by atoms with van der Waals surface area (Å²) < 4.78 is 1.56. The van der Waals surface area contributed by atoms with Gasteiger partial charge in [0.25, 0.3) is 5.56 Å². The maximum absolute atomic E-state index is 12.0. The number of ketones is 1. The molecule has 0 aliphatic rings. The van der Waals surface area contributed by atoms with E-state index in [0.717, 1.165) is 22.0 Å². The number of carbonyl (C=O) groups is 1. The van der Waals surface area contributed by atoms with Crippen LogP contribution in [0.15, 0.2) is 29.1 Å². The van der Waals surface area contributed by atoms with Crippen molar-refractivity contribution in [3.05, 3.63) is 45.7 Å². The average molecular weight is 229 g/mol. The number of para-hydroxylation sites is 1. The van der Waals surface area contributed by atoms with Crippen molar-refractivity contribution in [2.45, 2.75) is 27.3 Å². The Labute approximate surface area is 99.7 Å². The van der Waals surface area contributed by atoms with E-state index in [4.69, 9.17) is 0 Å². The maximum Gasteiger partial charge on any atom is 0.251 e. The van der Waals surface area contributed by atoms with E-state index in [1.807, 2.05) is 32.0 Å². The lowest BCUT2D eigenvalue weighted by atomic mass is 10.1. The molecule has 0 N–H and O–H groups in total. The minimum absolute atomic E-state index is 0.0134. The van der Waals surface area contributed by atoms with Crippen LogP contribution in [0.4, 0.5) is 0 Å². The van der Waals surface area contributed by atoms with Crippen LogP contribution in [0.1, 0.15) is 18.1 Å². The molecule has 0 atom stereocenters. The Morgan fingerprint density at radius 2 is 1.94 bits per heavy atom. The van der Waals surface area contributed by atoms with Crippen molar-refractivity contribution in [1.82, 2.24) is 4.57 Å². The molecule has 0 fully saturated rings. The fourth-order valence-corrected chi connectivity index (χ4v) is 2.17. The zero-order chi connectivity index (χ0) is 12.6. The van der Waals surface area contributed by atoms with E-state index >= 15 is 0 Å². The standard InChI is InChI=1S/C14H15NO2/c1-9-5-4-6-12-10(2)7-13(17)15(14(9)12)8-11(3)16/h4-7H,8H2,1-3H3. The van der Waals surface area contributed by atoms with Crippen LogP contribution in [-0.4, -0.2) is 10.4 Å². The predicted molar refractivity (Wildman–Crippen MR) is 68.4 cm³/mol. The summed E-state index contributed by atoms with van der Waals surface area (Å²) in [7, 11) is 0. The number of benzene rings is 1. The second-order valence-electron chi connectivity index (χ2n) is 4.42. The fraction of sp³-hybridized carbons (Fsp3) is 0.286. The fourth-order valence-electron chi connectivity index (χ4n) is 2.17. The van der Waals surface area contributed by atoms with Crippen LogP contribution in [-0.2, 0) is 11.3 Å². The second kappa shape index (κ2) is 4.17. The Balaban J connectivity index is 2.90. The number of hydrogen-bond donors (Lipinski definition) is 0. The molecule has 0 saturated carbocycles. The molecule has 0 unspecified atom stereocenters. The van der Waals surface area contributed by atoms with Gasteiger partial charge in [0.15, 0.2) is 0 Å². The molecule has 0 spiro atoms. The van der Waals surface area contributed by atoms with Crippen LogP contribution in [0.25, 0.3) is 10.9 Å². The van der Waals surface area contributed by atoms with Crippen molar-refractivity contribution in [3.63, 3.8) is 0 Å². The highest BCUT2D eigenvalue weighted by Gasteiger charge is 2.09. The van der Waals surface area contributed by atoms with Gasteiger partial charge < -0.3 is 4.57 Å². The Bertz CT molecular complexity index is 653. The van der Waals surface area contributed by atoms with Crippen molar-refractivity contribution < 1.29 is 4.79 Å². The van der Waals surface area contributed by atoms with Gasteiger partial charge in [-0.15, -0.1) is 0 Å².